The van der Waals surface area contributed by atoms with Crippen LogP contribution in [0, 0.1) is 0 Å². The van der Waals surface area contributed by atoms with Crippen molar-refractivity contribution in [2.75, 3.05) is 6.61 Å². The zero-order chi connectivity index (χ0) is 13.5. The van der Waals surface area contributed by atoms with Crippen molar-refractivity contribution in [3.05, 3.63) is 59.4 Å². The maximum atomic E-state index is 11.3. The second-order valence-corrected chi connectivity index (χ2v) is 4.19. The van der Waals surface area contributed by atoms with Crippen molar-refractivity contribution < 1.29 is 9.53 Å². The summed E-state index contributed by atoms with van der Waals surface area (Å²) in [6.45, 7) is 2.23. The molecular weight excluding hydrogens is 238 g/mol. The van der Waals surface area contributed by atoms with Gasteiger partial charge in [-0.05, 0) is 30.2 Å². The lowest BCUT2D eigenvalue weighted by Crippen LogP contribution is -2.06. The molecule has 19 heavy (non-hydrogen) atoms. The normalized spacial score (nSPS) is 10.8. The Kier molecular flexibility index (Phi) is 4.56. The molecule has 0 spiro atoms. The first kappa shape index (κ1) is 13.1. The Bertz CT molecular complexity index is 555. The van der Waals surface area contributed by atoms with Crippen LogP contribution in [-0.4, -0.2) is 17.6 Å². The zero-order valence-electron chi connectivity index (χ0n) is 10.9. The number of benzene rings is 1. The van der Waals surface area contributed by atoms with Crippen molar-refractivity contribution in [2.24, 2.45) is 0 Å². The summed E-state index contributed by atoms with van der Waals surface area (Å²) in [5.41, 5.74) is 3.05. The lowest BCUT2D eigenvalue weighted by Gasteiger charge is -1.98. The molecule has 0 saturated carbocycles. The van der Waals surface area contributed by atoms with Gasteiger partial charge in [0, 0.05) is 11.9 Å². The van der Waals surface area contributed by atoms with E-state index in [9.17, 15) is 4.79 Å². The Hall–Kier alpha value is -2.29. The highest BCUT2D eigenvalue weighted by Gasteiger charge is 2.04. The first-order valence-electron chi connectivity index (χ1n) is 6.34. The number of nitrogens with one attached hydrogen (secondary N) is 1. The molecule has 1 N–H and O–H groups in total. The summed E-state index contributed by atoms with van der Waals surface area (Å²) in [5.74, 6) is -0.194. The molecule has 0 unspecified atom stereocenters. The summed E-state index contributed by atoms with van der Waals surface area (Å²) in [5, 5.41) is 0. The van der Waals surface area contributed by atoms with E-state index >= 15 is 0 Å². The first-order valence-corrected chi connectivity index (χ1v) is 6.34. The SMILES string of the molecule is CCOC(=O)Cc1c[nH]c(/C=C/c2ccccc2)c1. The van der Waals surface area contributed by atoms with Gasteiger partial charge in [0.1, 0.15) is 0 Å². The minimum atomic E-state index is -0.194. The van der Waals surface area contributed by atoms with E-state index in [1.54, 1.807) is 0 Å². The van der Waals surface area contributed by atoms with Crippen LogP contribution in [0.3, 0.4) is 0 Å². The fourth-order valence-electron chi connectivity index (χ4n) is 1.79. The smallest absolute Gasteiger partial charge is 0.310 e. The van der Waals surface area contributed by atoms with Gasteiger partial charge in [-0.2, -0.15) is 0 Å². The van der Waals surface area contributed by atoms with Gasteiger partial charge in [-0.1, -0.05) is 36.4 Å². The molecular formula is C16H17NO2. The topological polar surface area (TPSA) is 42.1 Å². The van der Waals surface area contributed by atoms with Gasteiger partial charge in [-0.25, -0.2) is 0 Å². The molecule has 0 bridgehead atoms. The summed E-state index contributed by atoms with van der Waals surface area (Å²) in [6.07, 6.45) is 6.16. The number of ether oxygens (including phenoxy) is 1. The Morgan fingerprint density at radius 1 is 1.26 bits per heavy atom. The van der Waals surface area contributed by atoms with Crippen LogP contribution in [0.4, 0.5) is 0 Å². The Morgan fingerprint density at radius 3 is 2.79 bits per heavy atom. The van der Waals surface area contributed by atoms with Crippen LogP contribution in [0.5, 0.6) is 0 Å². The van der Waals surface area contributed by atoms with Crippen LogP contribution in [-0.2, 0) is 16.0 Å². The molecule has 1 aromatic heterocycles. The van der Waals surface area contributed by atoms with Crippen molar-refractivity contribution >= 4 is 18.1 Å². The number of aromatic nitrogens is 1. The maximum Gasteiger partial charge on any atom is 0.310 e. The molecule has 3 heteroatoms. The summed E-state index contributed by atoms with van der Waals surface area (Å²) in [4.78, 5) is 14.5. The third kappa shape index (κ3) is 4.14. The van der Waals surface area contributed by atoms with Crippen molar-refractivity contribution in [3.8, 4) is 0 Å². The number of rotatable bonds is 5. The number of carbonyl (C=O) groups is 1. The fraction of sp³-hybridized carbons (Fsp3) is 0.188. The summed E-state index contributed by atoms with van der Waals surface area (Å²) >= 11 is 0. The van der Waals surface area contributed by atoms with Crippen LogP contribution in [0.1, 0.15) is 23.7 Å². The minimum absolute atomic E-state index is 0.194. The molecule has 1 aromatic carbocycles. The maximum absolute atomic E-state index is 11.3. The average molecular weight is 255 g/mol. The van der Waals surface area contributed by atoms with E-state index in [1.807, 2.05) is 61.7 Å². The third-order valence-electron chi connectivity index (χ3n) is 2.67. The summed E-state index contributed by atoms with van der Waals surface area (Å²) in [6, 6.07) is 12.0. The molecule has 0 radical (unpaired) electrons. The van der Waals surface area contributed by atoms with Gasteiger partial charge in [0.15, 0.2) is 0 Å². The summed E-state index contributed by atoms with van der Waals surface area (Å²) < 4.78 is 4.91. The lowest BCUT2D eigenvalue weighted by molar-refractivity contribution is -0.142. The average Bonchev–Trinajstić information content (AvgIpc) is 2.85. The molecule has 0 aliphatic rings. The minimum Gasteiger partial charge on any atom is -0.466 e. The van der Waals surface area contributed by atoms with Gasteiger partial charge in [0.25, 0.3) is 0 Å². The van der Waals surface area contributed by atoms with E-state index in [1.165, 1.54) is 0 Å². The third-order valence-corrected chi connectivity index (χ3v) is 2.67. The van der Waals surface area contributed by atoms with E-state index in [0.29, 0.717) is 13.0 Å². The van der Waals surface area contributed by atoms with Crippen LogP contribution >= 0.6 is 0 Å². The fourth-order valence-corrected chi connectivity index (χ4v) is 1.79. The van der Waals surface area contributed by atoms with Gasteiger partial charge in [0.2, 0.25) is 0 Å². The highest BCUT2D eigenvalue weighted by Crippen LogP contribution is 2.10. The van der Waals surface area contributed by atoms with Gasteiger partial charge < -0.3 is 9.72 Å². The number of carbonyl (C=O) groups excluding carboxylic acids is 1. The van der Waals surface area contributed by atoms with Crippen molar-refractivity contribution in [1.29, 1.82) is 0 Å². The van der Waals surface area contributed by atoms with Crippen molar-refractivity contribution in [1.82, 2.24) is 4.98 Å². The quantitative estimate of drug-likeness (QED) is 0.833. The predicted molar refractivity (Wildman–Crippen MR) is 76.5 cm³/mol. The van der Waals surface area contributed by atoms with Gasteiger partial charge in [-0.3, -0.25) is 4.79 Å². The van der Waals surface area contributed by atoms with Crippen molar-refractivity contribution in [3.63, 3.8) is 0 Å². The predicted octanol–water partition coefficient (Wildman–Crippen LogP) is 3.29. The second kappa shape index (κ2) is 6.59. The highest BCUT2D eigenvalue weighted by molar-refractivity contribution is 5.73. The first-order chi connectivity index (χ1) is 9.28. The molecule has 0 atom stereocenters. The molecule has 2 rings (SSSR count). The largest absolute Gasteiger partial charge is 0.466 e. The van der Waals surface area contributed by atoms with E-state index in [4.69, 9.17) is 4.74 Å². The Labute approximate surface area is 112 Å². The molecule has 0 saturated heterocycles. The molecule has 98 valence electrons. The monoisotopic (exact) mass is 255 g/mol. The highest BCUT2D eigenvalue weighted by atomic mass is 16.5. The van der Waals surface area contributed by atoms with Gasteiger partial charge in [-0.15, -0.1) is 0 Å². The van der Waals surface area contributed by atoms with E-state index in [0.717, 1.165) is 16.8 Å². The number of esters is 1. The number of aromatic amines is 1. The van der Waals surface area contributed by atoms with Gasteiger partial charge in [0.05, 0.1) is 13.0 Å². The number of hydrogen-bond acceptors (Lipinski definition) is 2. The van der Waals surface area contributed by atoms with E-state index in [-0.39, 0.29) is 5.97 Å². The standard InChI is InChI=1S/C16H17NO2/c1-2-19-16(18)11-14-10-15(17-12-14)9-8-13-6-4-3-5-7-13/h3-10,12,17H,2,11H2,1H3/b9-8+. The Morgan fingerprint density at radius 2 is 2.05 bits per heavy atom. The second-order valence-electron chi connectivity index (χ2n) is 4.19. The molecule has 3 nitrogen and oxygen atoms in total. The Balaban J connectivity index is 1.98. The van der Waals surface area contributed by atoms with E-state index < -0.39 is 0 Å². The molecule has 1 heterocycles. The number of hydrogen-bond donors (Lipinski definition) is 1. The van der Waals surface area contributed by atoms with Crippen LogP contribution in [0.2, 0.25) is 0 Å². The zero-order valence-corrected chi connectivity index (χ0v) is 10.9. The molecule has 2 aromatic rings. The summed E-state index contributed by atoms with van der Waals surface area (Å²) in [7, 11) is 0. The number of H-pyrrole nitrogens is 1. The molecule has 0 amide bonds. The van der Waals surface area contributed by atoms with E-state index in [2.05, 4.69) is 4.98 Å². The van der Waals surface area contributed by atoms with Crippen LogP contribution in [0.15, 0.2) is 42.6 Å². The van der Waals surface area contributed by atoms with Crippen LogP contribution in [0.25, 0.3) is 12.2 Å². The van der Waals surface area contributed by atoms with Crippen LogP contribution < -0.4 is 0 Å². The van der Waals surface area contributed by atoms with Gasteiger partial charge >= 0.3 is 5.97 Å². The lowest BCUT2D eigenvalue weighted by atomic mass is 10.2. The molecule has 0 aliphatic carbocycles. The molecule has 0 fully saturated rings. The van der Waals surface area contributed by atoms with Crippen molar-refractivity contribution in [2.45, 2.75) is 13.3 Å². The molecule has 0 aliphatic heterocycles.